The summed E-state index contributed by atoms with van der Waals surface area (Å²) in [6.45, 7) is 7.38. The van der Waals surface area contributed by atoms with Gasteiger partial charge in [0.25, 0.3) is 5.91 Å². The van der Waals surface area contributed by atoms with Crippen LogP contribution in [0, 0.1) is 0 Å². The number of thioether (sulfide) groups is 2. The fraction of sp³-hybridized carbons (Fsp3) is 0.538. The average Bonchev–Trinajstić information content (AvgIpc) is 2.80. The van der Waals surface area contributed by atoms with Gasteiger partial charge in [0, 0.05) is 24.2 Å². The first-order chi connectivity index (χ1) is 8.97. The van der Waals surface area contributed by atoms with E-state index in [-0.39, 0.29) is 5.91 Å². The molecular weight excluding hydrogens is 296 g/mol. The molecule has 3 nitrogen and oxygen atoms in total. The van der Waals surface area contributed by atoms with Crippen molar-refractivity contribution in [1.29, 1.82) is 0 Å². The fourth-order valence-electron chi connectivity index (χ4n) is 1.94. The highest BCUT2D eigenvalue weighted by Crippen LogP contribution is 2.47. The van der Waals surface area contributed by atoms with Crippen molar-refractivity contribution in [3.63, 3.8) is 0 Å². The van der Waals surface area contributed by atoms with Gasteiger partial charge in [0.2, 0.25) is 0 Å². The van der Waals surface area contributed by atoms with E-state index in [9.17, 15) is 4.79 Å². The summed E-state index contributed by atoms with van der Waals surface area (Å²) in [5.74, 6) is 0.0292. The SMILES string of the molecule is CCCCN1C(C)=C(C)SC1=C1SC(=S)N(C)C1=O. The minimum Gasteiger partial charge on any atom is -0.338 e. The molecule has 0 bridgehead atoms. The van der Waals surface area contributed by atoms with E-state index in [1.165, 1.54) is 22.4 Å². The fourth-order valence-corrected chi connectivity index (χ4v) is 4.41. The number of rotatable bonds is 3. The Balaban J connectivity index is 2.34. The number of thiocarbonyl (C=S) groups is 1. The molecule has 104 valence electrons. The number of allylic oxidation sites excluding steroid dienone is 2. The predicted molar refractivity (Wildman–Crippen MR) is 87.6 cm³/mol. The first-order valence-electron chi connectivity index (χ1n) is 6.34. The van der Waals surface area contributed by atoms with E-state index in [4.69, 9.17) is 12.2 Å². The molecule has 6 heteroatoms. The van der Waals surface area contributed by atoms with Gasteiger partial charge < -0.3 is 4.90 Å². The van der Waals surface area contributed by atoms with Crippen molar-refractivity contribution in [2.24, 2.45) is 0 Å². The summed E-state index contributed by atoms with van der Waals surface area (Å²) in [7, 11) is 1.74. The minimum atomic E-state index is 0.0292. The van der Waals surface area contributed by atoms with Crippen molar-refractivity contribution in [2.75, 3.05) is 13.6 Å². The number of hydrogen-bond donors (Lipinski definition) is 0. The molecule has 0 saturated carbocycles. The van der Waals surface area contributed by atoms with E-state index in [0.717, 1.165) is 29.3 Å². The Hall–Kier alpha value is -0.460. The molecule has 1 saturated heterocycles. The van der Waals surface area contributed by atoms with Crippen LogP contribution in [-0.4, -0.2) is 33.6 Å². The van der Waals surface area contributed by atoms with E-state index in [1.807, 2.05) is 0 Å². The number of carbonyl (C=O) groups excluding carboxylic acids is 1. The summed E-state index contributed by atoms with van der Waals surface area (Å²) in [6, 6.07) is 0. The number of amides is 1. The molecule has 0 atom stereocenters. The van der Waals surface area contributed by atoms with E-state index in [2.05, 4.69) is 25.7 Å². The van der Waals surface area contributed by atoms with Crippen molar-refractivity contribution in [3.05, 3.63) is 20.5 Å². The average molecular weight is 315 g/mol. The third-order valence-electron chi connectivity index (χ3n) is 3.30. The molecule has 0 spiro atoms. The summed E-state index contributed by atoms with van der Waals surface area (Å²) in [5, 5.41) is 1.06. The molecule has 2 aliphatic rings. The van der Waals surface area contributed by atoms with Gasteiger partial charge in [-0.25, -0.2) is 0 Å². The van der Waals surface area contributed by atoms with Gasteiger partial charge in [-0.3, -0.25) is 9.69 Å². The number of likely N-dealkylation sites (N-methyl/N-ethyl adjacent to an activating group) is 1. The summed E-state index contributed by atoms with van der Waals surface area (Å²) >= 11 is 8.32. The highest BCUT2D eigenvalue weighted by Gasteiger charge is 2.36. The predicted octanol–water partition coefficient (Wildman–Crippen LogP) is 3.75. The number of unbranched alkanes of at least 4 members (excludes halogenated alkanes) is 1. The lowest BCUT2D eigenvalue weighted by atomic mass is 10.3. The number of nitrogens with zero attached hydrogens (tertiary/aromatic N) is 2. The maximum atomic E-state index is 12.2. The number of carbonyl (C=O) groups is 1. The van der Waals surface area contributed by atoms with E-state index < -0.39 is 0 Å². The molecule has 0 aliphatic carbocycles. The summed E-state index contributed by atoms with van der Waals surface area (Å²) in [5.41, 5.74) is 1.26. The summed E-state index contributed by atoms with van der Waals surface area (Å²) in [6.07, 6.45) is 2.27. The Morgan fingerprint density at radius 2 is 1.95 bits per heavy atom. The van der Waals surface area contributed by atoms with E-state index in [1.54, 1.807) is 23.7 Å². The van der Waals surface area contributed by atoms with Crippen LogP contribution in [-0.2, 0) is 4.79 Å². The van der Waals surface area contributed by atoms with Crippen molar-refractivity contribution < 1.29 is 4.79 Å². The van der Waals surface area contributed by atoms with Gasteiger partial charge in [-0.1, -0.05) is 49.1 Å². The van der Waals surface area contributed by atoms with Crippen LogP contribution in [0.3, 0.4) is 0 Å². The molecule has 2 aliphatic heterocycles. The molecule has 1 fully saturated rings. The second-order valence-corrected chi connectivity index (χ2v) is 7.46. The Kier molecular flexibility index (Phi) is 4.63. The van der Waals surface area contributed by atoms with Gasteiger partial charge in [-0.15, -0.1) is 0 Å². The molecule has 19 heavy (non-hydrogen) atoms. The first-order valence-corrected chi connectivity index (χ1v) is 8.38. The maximum absolute atomic E-state index is 12.2. The van der Waals surface area contributed by atoms with Crippen LogP contribution in [0.15, 0.2) is 20.5 Å². The first kappa shape index (κ1) is 14.9. The molecule has 2 heterocycles. The zero-order valence-corrected chi connectivity index (χ0v) is 14.1. The monoisotopic (exact) mass is 314 g/mol. The molecule has 0 N–H and O–H groups in total. The Morgan fingerprint density at radius 1 is 1.26 bits per heavy atom. The van der Waals surface area contributed by atoms with Gasteiger partial charge in [-0.2, -0.15) is 0 Å². The van der Waals surface area contributed by atoms with Gasteiger partial charge >= 0.3 is 0 Å². The topological polar surface area (TPSA) is 23.6 Å². The van der Waals surface area contributed by atoms with Crippen LogP contribution in [0.1, 0.15) is 33.6 Å². The third kappa shape index (κ3) is 2.71. The van der Waals surface area contributed by atoms with Crippen LogP contribution in [0.25, 0.3) is 0 Å². The lowest BCUT2D eigenvalue weighted by molar-refractivity contribution is -0.121. The minimum absolute atomic E-state index is 0.0292. The lowest BCUT2D eigenvalue weighted by Gasteiger charge is -2.22. The Labute approximate surface area is 128 Å². The van der Waals surface area contributed by atoms with E-state index in [0.29, 0.717) is 4.32 Å². The molecule has 0 aromatic rings. The lowest BCUT2D eigenvalue weighted by Crippen LogP contribution is -2.24. The van der Waals surface area contributed by atoms with E-state index >= 15 is 0 Å². The molecule has 0 aromatic heterocycles. The Bertz CT molecular complexity index is 496. The zero-order valence-electron chi connectivity index (χ0n) is 11.6. The highest BCUT2D eigenvalue weighted by molar-refractivity contribution is 8.27. The van der Waals surface area contributed by atoms with Gasteiger partial charge in [-0.05, 0) is 20.3 Å². The van der Waals surface area contributed by atoms with Crippen LogP contribution < -0.4 is 0 Å². The standard InChI is InChI=1S/C13H18N2OS3/c1-5-6-7-15-8(2)9(3)18-12(15)10-11(16)14(4)13(17)19-10/h5-7H2,1-4H3. The maximum Gasteiger partial charge on any atom is 0.268 e. The van der Waals surface area contributed by atoms with Crippen LogP contribution >= 0.6 is 35.7 Å². The molecule has 0 aromatic carbocycles. The number of hydrogen-bond acceptors (Lipinski definition) is 5. The van der Waals surface area contributed by atoms with Crippen LogP contribution in [0.2, 0.25) is 0 Å². The molecule has 0 unspecified atom stereocenters. The summed E-state index contributed by atoms with van der Waals surface area (Å²) in [4.78, 5) is 18.1. The second kappa shape index (κ2) is 5.89. The highest BCUT2D eigenvalue weighted by atomic mass is 32.2. The Morgan fingerprint density at radius 3 is 2.47 bits per heavy atom. The van der Waals surface area contributed by atoms with Crippen molar-refractivity contribution in [3.8, 4) is 0 Å². The van der Waals surface area contributed by atoms with Gasteiger partial charge in [0.15, 0.2) is 0 Å². The smallest absolute Gasteiger partial charge is 0.268 e. The zero-order chi connectivity index (χ0) is 14.2. The largest absolute Gasteiger partial charge is 0.338 e. The van der Waals surface area contributed by atoms with Gasteiger partial charge in [0.1, 0.15) is 9.23 Å². The van der Waals surface area contributed by atoms with Crippen molar-refractivity contribution >= 4 is 46.0 Å². The van der Waals surface area contributed by atoms with Gasteiger partial charge in [0.05, 0.1) is 5.03 Å². The van der Waals surface area contributed by atoms with Crippen molar-refractivity contribution in [2.45, 2.75) is 33.6 Å². The second-order valence-electron chi connectivity index (χ2n) is 4.62. The molecule has 1 amide bonds. The third-order valence-corrected chi connectivity index (χ3v) is 6.19. The summed E-state index contributed by atoms with van der Waals surface area (Å²) < 4.78 is 0.644. The normalized spacial score (nSPS) is 24.2. The quantitative estimate of drug-likeness (QED) is 0.583. The molecule has 2 rings (SSSR count). The molecule has 0 radical (unpaired) electrons. The molecular formula is C13H18N2OS3. The van der Waals surface area contributed by atoms with Crippen LogP contribution in [0.4, 0.5) is 0 Å². The van der Waals surface area contributed by atoms with Crippen molar-refractivity contribution in [1.82, 2.24) is 9.80 Å². The van der Waals surface area contributed by atoms with Crippen LogP contribution in [0.5, 0.6) is 0 Å².